The van der Waals surface area contributed by atoms with Crippen molar-refractivity contribution >= 4 is 38.7 Å². The zero-order chi connectivity index (χ0) is 18.2. The number of ketones is 1. The summed E-state index contributed by atoms with van der Waals surface area (Å²) in [6.07, 6.45) is 2.57. The summed E-state index contributed by atoms with van der Waals surface area (Å²) in [6.45, 7) is 5.40. The number of aromatic nitrogens is 2. The minimum Gasteiger partial charge on any atom is -0.443 e. The van der Waals surface area contributed by atoms with E-state index in [1.807, 2.05) is 18.2 Å². The Hall–Kier alpha value is -2.47. The van der Waals surface area contributed by atoms with Gasteiger partial charge in [-0.2, -0.15) is 0 Å². The molecule has 0 fully saturated rings. The summed E-state index contributed by atoms with van der Waals surface area (Å²) in [5.41, 5.74) is 0.726. The summed E-state index contributed by atoms with van der Waals surface area (Å²) >= 11 is 3.30. The molecular weight excluding hydrogens is 384 g/mol. The molecule has 2 aromatic heterocycles. The van der Waals surface area contributed by atoms with Crippen molar-refractivity contribution < 1.29 is 14.3 Å². The van der Waals surface area contributed by atoms with Gasteiger partial charge in [0.15, 0.2) is 0 Å². The number of hydrogen-bond acceptors (Lipinski definition) is 4. The van der Waals surface area contributed by atoms with Gasteiger partial charge in [-0.25, -0.2) is 4.79 Å². The van der Waals surface area contributed by atoms with Crippen molar-refractivity contribution in [1.82, 2.24) is 9.55 Å². The van der Waals surface area contributed by atoms with E-state index in [0.717, 1.165) is 4.47 Å². The Morgan fingerprint density at radius 3 is 2.48 bits per heavy atom. The molecule has 0 unspecified atom stereocenters. The van der Waals surface area contributed by atoms with Gasteiger partial charge >= 0.3 is 6.09 Å². The predicted octanol–water partition coefficient (Wildman–Crippen LogP) is 4.81. The SMILES string of the molecule is CC(C)(C)OC(=O)n1cc(C(=O)c2ccc(Br)cn2)c2ccccc21. The van der Waals surface area contributed by atoms with Gasteiger partial charge in [-0.15, -0.1) is 0 Å². The zero-order valence-corrected chi connectivity index (χ0v) is 15.7. The van der Waals surface area contributed by atoms with Gasteiger partial charge in [-0.1, -0.05) is 18.2 Å². The van der Waals surface area contributed by atoms with Gasteiger partial charge in [-0.3, -0.25) is 14.3 Å². The van der Waals surface area contributed by atoms with E-state index in [-0.39, 0.29) is 5.78 Å². The van der Waals surface area contributed by atoms with Crippen molar-refractivity contribution in [2.75, 3.05) is 0 Å². The first-order valence-electron chi connectivity index (χ1n) is 7.76. The monoisotopic (exact) mass is 400 g/mol. The van der Waals surface area contributed by atoms with E-state index in [1.165, 1.54) is 10.8 Å². The summed E-state index contributed by atoms with van der Waals surface area (Å²) in [4.78, 5) is 29.5. The fourth-order valence-corrected chi connectivity index (χ4v) is 2.71. The number of benzene rings is 1. The number of carbonyl (C=O) groups excluding carboxylic acids is 2. The van der Waals surface area contributed by atoms with Gasteiger partial charge in [0.1, 0.15) is 11.3 Å². The Balaban J connectivity index is 2.09. The summed E-state index contributed by atoms with van der Waals surface area (Å²) in [5, 5.41) is 0.683. The van der Waals surface area contributed by atoms with Crippen LogP contribution >= 0.6 is 15.9 Å². The highest BCUT2D eigenvalue weighted by Gasteiger charge is 2.23. The van der Waals surface area contributed by atoms with Crippen LogP contribution in [-0.4, -0.2) is 27.0 Å². The number of ether oxygens (including phenoxy) is 1. The van der Waals surface area contributed by atoms with Crippen LogP contribution < -0.4 is 0 Å². The maximum atomic E-state index is 12.8. The van der Waals surface area contributed by atoms with Crippen molar-refractivity contribution in [2.45, 2.75) is 26.4 Å². The van der Waals surface area contributed by atoms with Gasteiger partial charge in [0, 0.05) is 22.3 Å². The molecule has 0 saturated heterocycles. The van der Waals surface area contributed by atoms with Gasteiger partial charge in [0.2, 0.25) is 5.78 Å². The summed E-state index contributed by atoms with van der Waals surface area (Å²) in [5.74, 6) is -0.244. The lowest BCUT2D eigenvalue weighted by atomic mass is 10.1. The number of carbonyl (C=O) groups is 2. The van der Waals surface area contributed by atoms with E-state index >= 15 is 0 Å². The smallest absolute Gasteiger partial charge is 0.419 e. The minimum atomic E-state index is -0.625. The lowest BCUT2D eigenvalue weighted by molar-refractivity contribution is 0.0544. The van der Waals surface area contributed by atoms with Crippen LogP contribution in [-0.2, 0) is 4.74 Å². The quantitative estimate of drug-likeness (QED) is 0.578. The molecule has 1 aromatic carbocycles. The van der Waals surface area contributed by atoms with Crippen molar-refractivity contribution in [1.29, 1.82) is 0 Å². The number of hydrogen-bond donors (Lipinski definition) is 0. The van der Waals surface area contributed by atoms with Crippen LogP contribution in [0.5, 0.6) is 0 Å². The van der Waals surface area contributed by atoms with Crippen LogP contribution in [0.25, 0.3) is 10.9 Å². The topological polar surface area (TPSA) is 61.2 Å². The normalized spacial score (nSPS) is 11.5. The molecule has 0 aliphatic rings. The molecule has 3 rings (SSSR count). The molecule has 0 bridgehead atoms. The maximum Gasteiger partial charge on any atom is 0.419 e. The molecule has 0 amide bonds. The second-order valence-corrected chi connectivity index (χ2v) is 7.52. The molecule has 0 saturated carbocycles. The van der Waals surface area contributed by atoms with Crippen LogP contribution in [0.4, 0.5) is 4.79 Å². The number of nitrogens with zero attached hydrogens (tertiary/aromatic N) is 2. The van der Waals surface area contributed by atoms with Gasteiger partial charge in [-0.05, 0) is 54.9 Å². The number of rotatable bonds is 2. The predicted molar refractivity (Wildman–Crippen MR) is 98.9 cm³/mol. The van der Waals surface area contributed by atoms with Gasteiger partial charge < -0.3 is 4.74 Å². The molecule has 0 aliphatic heterocycles. The number of halogens is 1. The fraction of sp³-hybridized carbons (Fsp3) is 0.211. The maximum absolute atomic E-state index is 12.8. The Morgan fingerprint density at radius 2 is 1.84 bits per heavy atom. The van der Waals surface area contributed by atoms with Crippen LogP contribution in [0.1, 0.15) is 36.8 Å². The van der Waals surface area contributed by atoms with E-state index in [9.17, 15) is 9.59 Å². The lowest BCUT2D eigenvalue weighted by Gasteiger charge is -2.19. The number of pyridine rings is 1. The highest BCUT2D eigenvalue weighted by molar-refractivity contribution is 9.10. The van der Waals surface area contributed by atoms with Crippen LogP contribution in [0.15, 0.2) is 53.3 Å². The van der Waals surface area contributed by atoms with Gasteiger partial charge in [0.05, 0.1) is 11.1 Å². The zero-order valence-electron chi connectivity index (χ0n) is 14.1. The first kappa shape index (κ1) is 17.4. The Morgan fingerprint density at radius 1 is 1.12 bits per heavy atom. The molecule has 25 heavy (non-hydrogen) atoms. The molecule has 128 valence electrons. The first-order valence-corrected chi connectivity index (χ1v) is 8.55. The Bertz CT molecular complexity index is 953. The molecule has 3 aromatic rings. The van der Waals surface area contributed by atoms with Crippen molar-refractivity contribution in [3.8, 4) is 0 Å². The molecule has 6 heteroatoms. The van der Waals surface area contributed by atoms with E-state index in [1.54, 1.807) is 45.2 Å². The summed E-state index contributed by atoms with van der Waals surface area (Å²) in [6, 6.07) is 10.6. The molecule has 5 nitrogen and oxygen atoms in total. The molecular formula is C19H17BrN2O3. The highest BCUT2D eigenvalue weighted by Crippen LogP contribution is 2.25. The third kappa shape index (κ3) is 3.64. The second-order valence-electron chi connectivity index (χ2n) is 6.60. The Labute approximate surface area is 153 Å². The summed E-state index contributed by atoms with van der Waals surface area (Å²) < 4.78 is 7.60. The molecule has 2 heterocycles. The molecule has 0 radical (unpaired) electrons. The molecule has 0 N–H and O–H groups in total. The standard InChI is InChI=1S/C19H17BrN2O3/c1-19(2,3)25-18(24)22-11-14(13-6-4-5-7-16(13)22)17(23)15-9-8-12(20)10-21-15/h4-11H,1-3H3. The molecule has 0 aliphatic carbocycles. The van der Waals surface area contributed by atoms with E-state index in [4.69, 9.17) is 4.74 Å². The average molecular weight is 401 g/mol. The van der Waals surface area contributed by atoms with Crippen LogP contribution in [0.3, 0.4) is 0 Å². The molecule has 0 spiro atoms. The van der Waals surface area contributed by atoms with E-state index in [0.29, 0.717) is 22.2 Å². The third-order valence-corrected chi connectivity index (χ3v) is 3.98. The largest absolute Gasteiger partial charge is 0.443 e. The first-order chi connectivity index (χ1) is 11.8. The van der Waals surface area contributed by atoms with Crippen LogP contribution in [0, 0.1) is 0 Å². The van der Waals surface area contributed by atoms with Crippen molar-refractivity contribution in [3.63, 3.8) is 0 Å². The minimum absolute atomic E-state index is 0.244. The van der Waals surface area contributed by atoms with Crippen molar-refractivity contribution in [3.05, 3.63) is 64.5 Å². The van der Waals surface area contributed by atoms with E-state index < -0.39 is 11.7 Å². The number of para-hydroxylation sites is 1. The Kier molecular flexibility index (Phi) is 4.47. The van der Waals surface area contributed by atoms with E-state index in [2.05, 4.69) is 20.9 Å². The summed E-state index contributed by atoms with van der Waals surface area (Å²) in [7, 11) is 0. The highest BCUT2D eigenvalue weighted by atomic mass is 79.9. The fourth-order valence-electron chi connectivity index (χ4n) is 2.47. The van der Waals surface area contributed by atoms with Crippen LogP contribution in [0.2, 0.25) is 0 Å². The van der Waals surface area contributed by atoms with Gasteiger partial charge in [0.25, 0.3) is 0 Å². The van der Waals surface area contributed by atoms with Crippen molar-refractivity contribution in [2.24, 2.45) is 0 Å². The second kappa shape index (κ2) is 6.44. The lowest BCUT2D eigenvalue weighted by Crippen LogP contribution is -2.26. The molecule has 0 atom stereocenters. The number of fused-ring (bicyclic) bond motifs is 1. The third-order valence-electron chi connectivity index (χ3n) is 3.51. The average Bonchev–Trinajstić information content (AvgIpc) is 2.93.